The van der Waals surface area contributed by atoms with E-state index in [1.54, 1.807) is 0 Å². The smallest absolute Gasteiger partial charge is 0.450 e. The molecular weight excluding hydrogens is 206 g/mol. The lowest BCUT2D eigenvalue weighted by Crippen LogP contribution is -2.28. The van der Waals surface area contributed by atoms with Crippen LogP contribution in [0.15, 0.2) is 0 Å². The first-order valence-corrected chi connectivity index (χ1v) is 6.17. The summed E-state index contributed by atoms with van der Waals surface area (Å²) in [5, 5.41) is 8.94. The van der Waals surface area contributed by atoms with E-state index in [1.807, 2.05) is 4.58 Å². The lowest BCUT2D eigenvalue weighted by atomic mass is 9.99. The molecule has 0 spiro atoms. The minimum Gasteiger partial charge on any atom is -0.471 e. The van der Waals surface area contributed by atoms with E-state index in [9.17, 15) is 4.79 Å². The molecule has 0 aliphatic carbocycles. The summed E-state index contributed by atoms with van der Waals surface area (Å²) in [4.78, 5) is 10.9. The Morgan fingerprint density at radius 1 is 1.56 bits per heavy atom. The Bertz CT molecular complexity index is 273. The number of aliphatic carboxylic acids is 1. The third-order valence-corrected chi connectivity index (χ3v) is 3.09. The Balaban J connectivity index is 2.56. The Morgan fingerprint density at radius 2 is 2.31 bits per heavy atom. The van der Waals surface area contributed by atoms with Gasteiger partial charge in [0.15, 0.2) is 13.2 Å². The maximum Gasteiger partial charge on any atom is 0.450 e. The fourth-order valence-corrected chi connectivity index (χ4v) is 2.05. The molecule has 1 unspecified atom stereocenters. The first-order chi connectivity index (χ1) is 7.69. The number of rotatable bonds is 7. The predicted octanol–water partition coefficient (Wildman–Crippen LogP) is 1.73. The SMILES string of the molecule is CCCCC(CC)C[N+]1=C(C(=O)O)OCC1. The Labute approximate surface area is 96.9 Å². The van der Waals surface area contributed by atoms with E-state index in [0.717, 1.165) is 13.0 Å². The first-order valence-electron chi connectivity index (χ1n) is 6.17. The van der Waals surface area contributed by atoms with E-state index < -0.39 is 5.97 Å². The standard InChI is InChI=1S/C12H21NO3/c1-3-5-6-10(4-2)9-13-7-8-16-11(13)12(14)15/h10H,3-9H2,1-2H3/p+1. The third kappa shape index (κ3) is 3.51. The zero-order valence-electron chi connectivity index (χ0n) is 10.2. The Kier molecular flexibility index (Phi) is 5.29. The second-order valence-electron chi connectivity index (χ2n) is 4.32. The summed E-state index contributed by atoms with van der Waals surface area (Å²) in [5.74, 6) is -0.228. The number of hydrogen-bond donors (Lipinski definition) is 1. The van der Waals surface area contributed by atoms with Crippen molar-refractivity contribution in [3.05, 3.63) is 0 Å². The second-order valence-corrected chi connectivity index (χ2v) is 4.32. The minimum absolute atomic E-state index is 0.134. The minimum atomic E-state index is -0.942. The molecule has 0 fully saturated rings. The fraction of sp³-hybridized carbons (Fsp3) is 0.833. The summed E-state index contributed by atoms with van der Waals surface area (Å²) in [6.07, 6.45) is 4.69. The molecule has 1 N–H and O–H groups in total. The van der Waals surface area contributed by atoms with E-state index in [-0.39, 0.29) is 5.90 Å². The number of carboxylic acid groups (broad SMARTS) is 1. The van der Waals surface area contributed by atoms with Crippen LogP contribution in [-0.4, -0.2) is 41.2 Å². The van der Waals surface area contributed by atoms with Gasteiger partial charge in [0.25, 0.3) is 0 Å². The highest BCUT2D eigenvalue weighted by Gasteiger charge is 2.32. The van der Waals surface area contributed by atoms with Gasteiger partial charge in [0.1, 0.15) is 6.54 Å². The second kappa shape index (κ2) is 6.51. The van der Waals surface area contributed by atoms with Crippen LogP contribution in [0.3, 0.4) is 0 Å². The van der Waals surface area contributed by atoms with Gasteiger partial charge in [-0.25, -0.2) is 4.79 Å². The molecular formula is C12H22NO3+. The number of carbonyl (C=O) groups is 1. The highest BCUT2D eigenvalue weighted by molar-refractivity contribution is 6.29. The van der Waals surface area contributed by atoms with E-state index >= 15 is 0 Å². The van der Waals surface area contributed by atoms with Crippen molar-refractivity contribution in [3.63, 3.8) is 0 Å². The molecule has 0 saturated carbocycles. The maximum absolute atomic E-state index is 10.9. The van der Waals surface area contributed by atoms with Crippen LogP contribution >= 0.6 is 0 Å². The van der Waals surface area contributed by atoms with Gasteiger partial charge < -0.3 is 9.84 Å². The summed E-state index contributed by atoms with van der Waals surface area (Å²) in [7, 11) is 0. The van der Waals surface area contributed by atoms with Crippen LogP contribution in [0.4, 0.5) is 0 Å². The molecule has 0 saturated heterocycles. The highest BCUT2D eigenvalue weighted by atomic mass is 16.5. The van der Waals surface area contributed by atoms with Gasteiger partial charge in [-0.3, -0.25) is 0 Å². The van der Waals surface area contributed by atoms with Crippen molar-refractivity contribution in [1.82, 2.24) is 0 Å². The number of unbranched alkanes of at least 4 members (excludes halogenated alkanes) is 1. The van der Waals surface area contributed by atoms with Crippen LogP contribution in [0.5, 0.6) is 0 Å². The van der Waals surface area contributed by atoms with E-state index in [1.165, 1.54) is 19.3 Å². The molecule has 4 nitrogen and oxygen atoms in total. The van der Waals surface area contributed by atoms with Crippen molar-refractivity contribution in [1.29, 1.82) is 0 Å². The van der Waals surface area contributed by atoms with Gasteiger partial charge in [0.2, 0.25) is 0 Å². The van der Waals surface area contributed by atoms with E-state index in [0.29, 0.717) is 19.1 Å². The highest BCUT2D eigenvalue weighted by Crippen LogP contribution is 2.14. The molecule has 16 heavy (non-hydrogen) atoms. The lowest BCUT2D eigenvalue weighted by molar-refractivity contribution is -0.525. The zero-order chi connectivity index (χ0) is 12.0. The van der Waals surface area contributed by atoms with Crippen molar-refractivity contribution in [3.8, 4) is 0 Å². The zero-order valence-corrected chi connectivity index (χ0v) is 10.2. The molecule has 1 aliphatic rings. The Morgan fingerprint density at radius 3 is 2.88 bits per heavy atom. The molecule has 0 aromatic heterocycles. The molecule has 1 aliphatic heterocycles. The lowest BCUT2D eigenvalue weighted by Gasteiger charge is -2.10. The molecule has 1 rings (SSSR count). The third-order valence-electron chi connectivity index (χ3n) is 3.09. The summed E-state index contributed by atoms with van der Waals surface area (Å²) in [6.45, 7) is 6.38. The van der Waals surface area contributed by atoms with Gasteiger partial charge in [-0.1, -0.05) is 26.7 Å². The molecule has 4 heteroatoms. The first kappa shape index (κ1) is 13.0. The normalized spacial score (nSPS) is 17.4. The quantitative estimate of drug-likeness (QED) is 0.675. The molecule has 1 atom stereocenters. The van der Waals surface area contributed by atoms with Gasteiger partial charge in [0.05, 0.1) is 0 Å². The van der Waals surface area contributed by atoms with Gasteiger partial charge in [-0.15, -0.1) is 0 Å². The molecule has 0 aromatic rings. The summed E-state index contributed by atoms with van der Waals surface area (Å²) < 4.78 is 6.99. The number of carboxylic acids is 1. The Hall–Kier alpha value is -1.06. The largest absolute Gasteiger partial charge is 0.471 e. The monoisotopic (exact) mass is 228 g/mol. The molecule has 0 radical (unpaired) electrons. The molecule has 1 heterocycles. The van der Waals surface area contributed by atoms with Gasteiger partial charge in [-0.2, -0.15) is 4.58 Å². The average molecular weight is 228 g/mol. The van der Waals surface area contributed by atoms with Gasteiger partial charge in [-0.05, 0) is 12.8 Å². The van der Waals surface area contributed by atoms with Crippen LogP contribution in [-0.2, 0) is 9.53 Å². The van der Waals surface area contributed by atoms with Crippen molar-refractivity contribution in [2.24, 2.45) is 5.92 Å². The average Bonchev–Trinajstić information content (AvgIpc) is 2.72. The van der Waals surface area contributed by atoms with Crippen LogP contribution in [0.2, 0.25) is 0 Å². The fourth-order valence-electron chi connectivity index (χ4n) is 2.05. The number of hydrogen-bond acceptors (Lipinski definition) is 2. The molecule has 0 bridgehead atoms. The predicted molar refractivity (Wildman–Crippen MR) is 61.9 cm³/mol. The van der Waals surface area contributed by atoms with Crippen LogP contribution < -0.4 is 0 Å². The summed E-state index contributed by atoms with van der Waals surface area (Å²) in [6, 6.07) is 0. The van der Waals surface area contributed by atoms with E-state index in [2.05, 4.69) is 13.8 Å². The van der Waals surface area contributed by atoms with Gasteiger partial charge >= 0.3 is 11.9 Å². The number of nitrogens with zero attached hydrogens (tertiary/aromatic N) is 1. The topological polar surface area (TPSA) is 49.5 Å². The van der Waals surface area contributed by atoms with Crippen molar-refractivity contribution in [2.75, 3.05) is 19.7 Å². The van der Waals surface area contributed by atoms with Crippen LogP contribution in [0.25, 0.3) is 0 Å². The summed E-state index contributed by atoms with van der Waals surface area (Å²) >= 11 is 0. The molecule has 92 valence electrons. The maximum atomic E-state index is 10.9. The van der Waals surface area contributed by atoms with Crippen LogP contribution in [0.1, 0.15) is 39.5 Å². The molecule has 0 aromatic carbocycles. The van der Waals surface area contributed by atoms with Crippen molar-refractivity contribution in [2.45, 2.75) is 39.5 Å². The number of ether oxygens (including phenoxy) is 1. The molecule has 0 amide bonds. The van der Waals surface area contributed by atoms with Crippen molar-refractivity contribution >= 4 is 11.9 Å². The van der Waals surface area contributed by atoms with Crippen molar-refractivity contribution < 1.29 is 19.2 Å². The van der Waals surface area contributed by atoms with Crippen LogP contribution in [0, 0.1) is 5.92 Å². The van der Waals surface area contributed by atoms with Gasteiger partial charge in [0, 0.05) is 5.92 Å². The van der Waals surface area contributed by atoms with E-state index in [4.69, 9.17) is 9.84 Å². The summed E-state index contributed by atoms with van der Waals surface area (Å²) in [5.41, 5.74) is 0.